The number of hydrogen-bond donors (Lipinski definition) is 3. The van der Waals surface area contributed by atoms with Gasteiger partial charge in [-0.25, -0.2) is 0 Å². The molecule has 0 spiro atoms. The van der Waals surface area contributed by atoms with Crippen LogP contribution in [0.3, 0.4) is 0 Å². The molecule has 0 bridgehead atoms. The van der Waals surface area contributed by atoms with Crippen LogP contribution in [0.5, 0.6) is 0 Å². The molecule has 3 N–H and O–H groups in total. The maximum absolute atomic E-state index is 11.5. The quantitative estimate of drug-likeness (QED) is 0.258. The Morgan fingerprint density at radius 2 is 2.09 bits per heavy atom. The SMILES string of the molecule is CCNC(=NCCc1ccco1)NCCNC(=O)C1CC1.I. The molecule has 0 radical (unpaired) electrons. The lowest BCUT2D eigenvalue weighted by atomic mass is 10.3. The fourth-order valence-corrected chi connectivity index (χ4v) is 1.93. The highest BCUT2D eigenvalue weighted by molar-refractivity contribution is 14.0. The topological polar surface area (TPSA) is 78.7 Å². The minimum Gasteiger partial charge on any atom is -0.469 e. The van der Waals surface area contributed by atoms with Gasteiger partial charge in [-0.2, -0.15) is 0 Å². The number of carbonyl (C=O) groups excluding carboxylic acids is 1. The maximum atomic E-state index is 11.5. The summed E-state index contributed by atoms with van der Waals surface area (Å²) in [4.78, 5) is 16.0. The average molecular weight is 420 g/mol. The smallest absolute Gasteiger partial charge is 0.223 e. The van der Waals surface area contributed by atoms with Crippen molar-refractivity contribution in [1.29, 1.82) is 0 Å². The predicted octanol–water partition coefficient (Wildman–Crippen LogP) is 1.52. The molecule has 1 heterocycles. The maximum Gasteiger partial charge on any atom is 0.223 e. The van der Waals surface area contributed by atoms with Crippen LogP contribution in [-0.2, 0) is 11.2 Å². The van der Waals surface area contributed by atoms with Gasteiger partial charge in [0.05, 0.1) is 6.26 Å². The van der Waals surface area contributed by atoms with E-state index in [1.54, 1.807) is 6.26 Å². The van der Waals surface area contributed by atoms with Crippen molar-refractivity contribution < 1.29 is 9.21 Å². The summed E-state index contributed by atoms with van der Waals surface area (Å²) in [5.74, 6) is 2.15. The number of carbonyl (C=O) groups is 1. The summed E-state index contributed by atoms with van der Waals surface area (Å²) in [7, 11) is 0. The van der Waals surface area contributed by atoms with Gasteiger partial charge in [-0.15, -0.1) is 24.0 Å². The number of amides is 1. The highest BCUT2D eigenvalue weighted by Crippen LogP contribution is 2.28. The van der Waals surface area contributed by atoms with Crippen LogP contribution in [0.4, 0.5) is 0 Å². The van der Waals surface area contributed by atoms with Gasteiger partial charge in [0, 0.05) is 38.5 Å². The predicted molar refractivity (Wildman–Crippen MR) is 97.5 cm³/mol. The minimum absolute atomic E-state index is 0. The molecule has 22 heavy (non-hydrogen) atoms. The highest BCUT2D eigenvalue weighted by atomic mass is 127. The minimum atomic E-state index is 0. The van der Waals surface area contributed by atoms with Crippen LogP contribution >= 0.6 is 24.0 Å². The van der Waals surface area contributed by atoms with E-state index in [1.807, 2.05) is 19.1 Å². The second-order valence-electron chi connectivity index (χ2n) is 5.08. The molecule has 6 nitrogen and oxygen atoms in total. The Bertz CT molecular complexity index is 458. The number of aliphatic imine (C=N–C) groups is 1. The van der Waals surface area contributed by atoms with E-state index in [2.05, 4.69) is 20.9 Å². The van der Waals surface area contributed by atoms with Crippen LogP contribution in [0.2, 0.25) is 0 Å². The molecule has 1 amide bonds. The Balaban J connectivity index is 0.00000242. The summed E-state index contributed by atoms with van der Waals surface area (Å²) < 4.78 is 5.27. The van der Waals surface area contributed by atoms with E-state index in [0.717, 1.165) is 37.5 Å². The van der Waals surface area contributed by atoms with Crippen molar-refractivity contribution in [3.63, 3.8) is 0 Å². The first-order chi connectivity index (χ1) is 10.3. The summed E-state index contributed by atoms with van der Waals surface area (Å²) in [6, 6.07) is 3.83. The van der Waals surface area contributed by atoms with Crippen LogP contribution in [-0.4, -0.2) is 38.0 Å². The van der Waals surface area contributed by atoms with E-state index in [4.69, 9.17) is 4.42 Å². The number of nitrogens with zero attached hydrogens (tertiary/aromatic N) is 1. The molecule has 1 fully saturated rings. The molecule has 2 rings (SSSR count). The lowest BCUT2D eigenvalue weighted by Gasteiger charge is -2.11. The molecule has 0 unspecified atom stereocenters. The zero-order valence-corrected chi connectivity index (χ0v) is 15.3. The van der Waals surface area contributed by atoms with Crippen molar-refractivity contribution in [2.75, 3.05) is 26.2 Å². The second-order valence-corrected chi connectivity index (χ2v) is 5.08. The third kappa shape index (κ3) is 7.15. The first-order valence-electron chi connectivity index (χ1n) is 7.62. The van der Waals surface area contributed by atoms with E-state index >= 15 is 0 Å². The molecule has 1 aliphatic carbocycles. The second kappa shape index (κ2) is 10.5. The number of nitrogens with one attached hydrogen (secondary N) is 3. The van der Waals surface area contributed by atoms with Gasteiger partial charge in [0.1, 0.15) is 5.76 Å². The Morgan fingerprint density at radius 1 is 1.32 bits per heavy atom. The van der Waals surface area contributed by atoms with E-state index in [1.165, 1.54) is 0 Å². The summed E-state index contributed by atoms with van der Waals surface area (Å²) in [5, 5.41) is 9.31. The molecule has 1 aromatic heterocycles. The number of furan rings is 1. The van der Waals surface area contributed by atoms with Crippen LogP contribution < -0.4 is 16.0 Å². The van der Waals surface area contributed by atoms with Gasteiger partial charge in [0.15, 0.2) is 5.96 Å². The molecule has 7 heteroatoms. The Kier molecular flexibility index (Phi) is 8.95. The number of guanidine groups is 1. The van der Waals surface area contributed by atoms with E-state index in [9.17, 15) is 4.79 Å². The lowest BCUT2D eigenvalue weighted by molar-refractivity contribution is -0.122. The Morgan fingerprint density at radius 3 is 2.73 bits per heavy atom. The fraction of sp³-hybridized carbons (Fsp3) is 0.600. The molecule has 0 aromatic carbocycles. The monoisotopic (exact) mass is 420 g/mol. The zero-order valence-electron chi connectivity index (χ0n) is 12.9. The zero-order chi connectivity index (χ0) is 14.9. The Labute approximate surface area is 148 Å². The third-order valence-corrected chi connectivity index (χ3v) is 3.22. The molecule has 1 aromatic rings. The van der Waals surface area contributed by atoms with Crippen molar-refractivity contribution in [2.45, 2.75) is 26.2 Å². The fourth-order valence-electron chi connectivity index (χ4n) is 1.93. The van der Waals surface area contributed by atoms with Gasteiger partial charge in [0.2, 0.25) is 5.91 Å². The molecule has 1 saturated carbocycles. The van der Waals surface area contributed by atoms with Gasteiger partial charge >= 0.3 is 0 Å². The van der Waals surface area contributed by atoms with Gasteiger partial charge in [-0.1, -0.05) is 0 Å². The third-order valence-electron chi connectivity index (χ3n) is 3.22. The van der Waals surface area contributed by atoms with Crippen molar-refractivity contribution >= 4 is 35.8 Å². The lowest BCUT2D eigenvalue weighted by Crippen LogP contribution is -2.41. The van der Waals surface area contributed by atoms with Gasteiger partial charge in [0.25, 0.3) is 0 Å². The summed E-state index contributed by atoms with van der Waals surface area (Å²) in [5.41, 5.74) is 0. The molecular formula is C15H25IN4O2. The summed E-state index contributed by atoms with van der Waals surface area (Å²) in [6.45, 7) is 4.79. The van der Waals surface area contributed by atoms with Crippen LogP contribution in [0.25, 0.3) is 0 Å². The van der Waals surface area contributed by atoms with Crippen molar-refractivity contribution in [1.82, 2.24) is 16.0 Å². The Hall–Kier alpha value is -1.25. The van der Waals surface area contributed by atoms with Gasteiger partial charge in [-0.05, 0) is 31.9 Å². The number of hydrogen-bond acceptors (Lipinski definition) is 3. The average Bonchev–Trinajstić information content (AvgIpc) is 3.21. The van der Waals surface area contributed by atoms with Gasteiger partial charge in [-0.3, -0.25) is 9.79 Å². The van der Waals surface area contributed by atoms with Crippen molar-refractivity contribution in [2.24, 2.45) is 10.9 Å². The van der Waals surface area contributed by atoms with Gasteiger partial charge < -0.3 is 20.4 Å². The van der Waals surface area contributed by atoms with Crippen LogP contribution in [0.15, 0.2) is 27.8 Å². The number of rotatable bonds is 8. The largest absolute Gasteiger partial charge is 0.469 e. The number of halogens is 1. The standard InChI is InChI=1S/C15H24N4O2.HI/c1-2-16-15(18-8-7-13-4-3-11-21-13)19-10-9-17-14(20)12-5-6-12;/h3-4,11-12H,2,5-10H2,1H3,(H,17,20)(H2,16,18,19);1H. The molecule has 1 aliphatic rings. The highest BCUT2D eigenvalue weighted by Gasteiger charge is 2.28. The molecule has 0 aliphatic heterocycles. The van der Waals surface area contributed by atoms with Crippen LogP contribution in [0.1, 0.15) is 25.5 Å². The van der Waals surface area contributed by atoms with E-state index < -0.39 is 0 Å². The molecule has 0 atom stereocenters. The normalized spacial score (nSPS) is 14.1. The summed E-state index contributed by atoms with van der Waals surface area (Å²) >= 11 is 0. The molecule has 0 saturated heterocycles. The van der Waals surface area contributed by atoms with E-state index in [0.29, 0.717) is 19.6 Å². The van der Waals surface area contributed by atoms with Crippen molar-refractivity contribution in [3.8, 4) is 0 Å². The molecule has 124 valence electrons. The molecular weight excluding hydrogens is 395 g/mol. The summed E-state index contributed by atoms with van der Waals surface area (Å²) in [6.07, 6.45) is 4.53. The van der Waals surface area contributed by atoms with Crippen molar-refractivity contribution in [3.05, 3.63) is 24.2 Å². The first kappa shape index (κ1) is 18.8. The first-order valence-corrected chi connectivity index (χ1v) is 7.62. The van der Waals surface area contributed by atoms with Crippen LogP contribution in [0, 0.1) is 5.92 Å². The van der Waals surface area contributed by atoms with E-state index in [-0.39, 0.29) is 35.8 Å².